The normalized spacial score (nSPS) is 24.7. The number of amides is 2. The quantitative estimate of drug-likeness (QED) is 0.781. The summed E-state index contributed by atoms with van der Waals surface area (Å²) in [6.07, 6.45) is 4.89. The number of hydrogen-bond acceptors (Lipinski definition) is 4. The molecule has 3 heterocycles. The summed E-state index contributed by atoms with van der Waals surface area (Å²) in [5.41, 5.74) is 1.24. The van der Waals surface area contributed by atoms with E-state index in [1.807, 2.05) is 9.80 Å². The van der Waals surface area contributed by atoms with Crippen molar-refractivity contribution in [1.29, 1.82) is 0 Å². The molecule has 27 heavy (non-hydrogen) atoms. The number of rotatable bonds is 2. The predicted molar refractivity (Wildman–Crippen MR) is 108 cm³/mol. The number of hydrogen-bond donors (Lipinski definition) is 0. The SMILES string of the molecule is CC1CCN(C(=O)c2cc3c(s2)CC[C@@H](C(=O)N2CCN(C)CC2)C3)CC1. The zero-order valence-electron chi connectivity index (χ0n) is 16.6. The molecule has 0 unspecified atom stereocenters. The Balaban J connectivity index is 1.40. The molecule has 148 valence electrons. The molecule has 2 amide bonds. The lowest BCUT2D eigenvalue weighted by atomic mass is 9.87. The number of carbonyl (C=O) groups is 2. The van der Waals surface area contributed by atoms with Crippen LogP contribution in [0.5, 0.6) is 0 Å². The Kier molecular flexibility index (Phi) is 5.55. The van der Waals surface area contributed by atoms with Gasteiger partial charge in [0.25, 0.3) is 5.91 Å². The van der Waals surface area contributed by atoms with Gasteiger partial charge in [-0.3, -0.25) is 9.59 Å². The molecule has 0 N–H and O–H groups in total. The van der Waals surface area contributed by atoms with Crippen LogP contribution in [0.25, 0.3) is 0 Å². The second-order valence-corrected chi connectivity index (χ2v) is 9.74. The van der Waals surface area contributed by atoms with Gasteiger partial charge in [0.2, 0.25) is 5.91 Å². The van der Waals surface area contributed by atoms with E-state index in [1.54, 1.807) is 11.3 Å². The average Bonchev–Trinajstić information content (AvgIpc) is 3.11. The molecule has 0 saturated carbocycles. The van der Waals surface area contributed by atoms with Gasteiger partial charge in [0.05, 0.1) is 4.88 Å². The molecule has 6 heteroatoms. The van der Waals surface area contributed by atoms with E-state index in [-0.39, 0.29) is 11.8 Å². The summed E-state index contributed by atoms with van der Waals surface area (Å²) < 4.78 is 0. The first-order chi connectivity index (χ1) is 13.0. The first-order valence-electron chi connectivity index (χ1n) is 10.4. The molecular weight excluding hydrogens is 358 g/mol. The van der Waals surface area contributed by atoms with E-state index in [4.69, 9.17) is 0 Å². The van der Waals surface area contributed by atoms with Gasteiger partial charge >= 0.3 is 0 Å². The Morgan fingerprint density at radius 3 is 2.41 bits per heavy atom. The van der Waals surface area contributed by atoms with Crippen molar-refractivity contribution in [2.75, 3.05) is 46.3 Å². The number of piperazine rings is 1. The minimum absolute atomic E-state index is 0.0919. The third-order valence-corrected chi connectivity index (χ3v) is 7.75. The van der Waals surface area contributed by atoms with Crippen LogP contribution in [-0.2, 0) is 17.6 Å². The number of carbonyl (C=O) groups excluding carboxylic acids is 2. The summed E-state index contributed by atoms with van der Waals surface area (Å²) in [4.78, 5) is 34.3. The van der Waals surface area contributed by atoms with Gasteiger partial charge in [0, 0.05) is 50.1 Å². The maximum Gasteiger partial charge on any atom is 0.263 e. The molecule has 0 spiro atoms. The second-order valence-electron chi connectivity index (χ2n) is 8.60. The third-order valence-electron chi connectivity index (χ3n) is 6.53. The molecule has 3 aliphatic rings. The van der Waals surface area contributed by atoms with Crippen molar-refractivity contribution in [3.63, 3.8) is 0 Å². The minimum atomic E-state index is 0.0919. The van der Waals surface area contributed by atoms with Gasteiger partial charge < -0.3 is 14.7 Å². The molecule has 0 radical (unpaired) electrons. The Hall–Kier alpha value is -1.40. The first-order valence-corrected chi connectivity index (χ1v) is 11.2. The van der Waals surface area contributed by atoms with Crippen molar-refractivity contribution in [3.8, 4) is 0 Å². The van der Waals surface area contributed by atoms with Crippen molar-refractivity contribution >= 4 is 23.2 Å². The Bertz CT molecular complexity index is 700. The molecule has 1 atom stereocenters. The van der Waals surface area contributed by atoms with Gasteiger partial charge in [-0.05, 0) is 56.7 Å². The van der Waals surface area contributed by atoms with Crippen LogP contribution in [0, 0.1) is 11.8 Å². The van der Waals surface area contributed by atoms with Crippen molar-refractivity contribution < 1.29 is 9.59 Å². The fourth-order valence-electron chi connectivity index (χ4n) is 4.49. The number of nitrogens with zero attached hydrogens (tertiary/aromatic N) is 3. The predicted octanol–water partition coefficient (Wildman–Crippen LogP) is 2.50. The standard InChI is InChI=1S/C21H31N3O2S/c1-15-5-7-23(8-6-15)21(26)19-14-17-13-16(3-4-18(17)27-19)20(25)24-11-9-22(2)10-12-24/h14-16H,3-13H2,1-2H3/t16-/m1/s1. The molecule has 0 aromatic carbocycles. The number of aryl methyl sites for hydroxylation is 1. The van der Waals surface area contributed by atoms with Gasteiger partial charge in [-0.25, -0.2) is 0 Å². The van der Waals surface area contributed by atoms with E-state index >= 15 is 0 Å². The molecule has 0 bridgehead atoms. The molecule has 1 aromatic heterocycles. The highest BCUT2D eigenvalue weighted by Gasteiger charge is 2.32. The van der Waals surface area contributed by atoms with E-state index in [0.29, 0.717) is 5.91 Å². The topological polar surface area (TPSA) is 43.9 Å². The molecule has 2 fully saturated rings. The van der Waals surface area contributed by atoms with E-state index in [9.17, 15) is 9.59 Å². The van der Waals surface area contributed by atoms with Gasteiger partial charge in [-0.1, -0.05) is 6.92 Å². The van der Waals surface area contributed by atoms with Crippen LogP contribution >= 0.6 is 11.3 Å². The van der Waals surface area contributed by atoms with Crippen molar-refractivity contribution in [1.82, 2.24) is 14.7 Å². The van der Waals surface area contributed by atoms with Crippen LogP contribution in [0.4, 0.5) is 0 Å². The van der Waals surface area contributed by atoms with Crippen LogP contribution in [0.1, 0.15) is 46.3 Å². The molecule has 1 aromatic rings. The van der Waals surface area contributed by atoms with Crippen molar-refractivity contribution in [3.05, 3.63) is 21.4 Å². The number of piperidine rings is 1. The smallest absolute Gasteiger partial charge is 0.263 e. The molecule has 4 rings (SSSR count). The Labute approximate surface area is 166 Å². The van der Waals surface area contributed by atoms with Crippen LogP contribution in [0.15, 0.2) is 6.07 Å². The van der Waals surface area contributed by atoms with Crippen molar-refractivity contribution in [2.24, 2.45) is 11.8 Å². The number of likely N-dealkylation sites (tertiary alicyclic amines) is 1. The highest BCUT2D eigenvalue weighted by molar-refractivity contribution is 7.14. The van der Waals surface area contributed by atoms with Crippen LogP contribution in [-0.4, -0.2) is 72.8 Å². The molecule has 2 saturated heterocycles. The molecule has 5 nitrogen and oxygen atoms in total. The fourth-order valence-corrected chi connectivity index (χ4v) is 5.67. The Morgan fingerprint density at radius 2 is 1.70 bits per heavy atom. The number of likely N-dealkylation sites (N-methyl/N-ethyl adjacent to an activating group) is 1. The number of fused-ring (bicyclic) bond motifs is 1. The van der Waals surface area contributed by atoms with E-state index in [2.05, 4.69) is 24.9 Å². The van der Waals surface area contributed by atoms with E-state index in [1.165, 1.54) is 10.4 Å². The molecule has 1 aliphatic carbocycles. The maximum absolute atomic E-state index is 12.9. The van der Waals surface area contributed by atoms with E-state index in [0.717, 1.165) is 82.2 Å². The lowest BCUT2D eigenvalue weighted by Gasteiger charge is -2.35. The third kappa shape index (κ3) is 4.06. The second kappa shape index (κ2) is 7.92. The summed E-state index contributed by atoms with van der Waals surface area (Å²) in [6, 6.07) is 2.09. The average molecular weight is 390 g/mol. The van der Waals surface area contributed by atoms with Crippen LogP contribution in [0.2, 0.25) is 0 Å². The maximum atomic E-state index is 12.9. The zero-order valence-corrected chi connectivity index (χ0v) is 17.4. The summed E-state index contributed by atoms with van der Waals surface area (Å²) in [6.45, 7) is 7.66. The number of thiophene rings is 1. The lowest BCUT2D eigenvalue weighted by Crippen LogP contribution is -2.49. The van der Waals surface area contributed by atoms with Gasteiger partial charge in [0.1, 0.15) is 0 Å². The zero-order chi connectivity index (χ0) is 19.0. The van der Waals surface area contributed by atoms with Gasteiger partial charge in [-0.2, -0.15) is 0 Å². The summed E-state index contributed by atoms with van der Waals surface area (Å²) in [5.74, 6) is 1.34. The summed E-state index contributed by atoms with van der Waals surface area (Å²) in [7, 11) is 2.11. The van der Waals surface area contributed by atoms with Crippen molar-refractivity contribution in [2.45, 2.75) is 39.0 Å². The monoisotopic (exact) mass is 389 g/mol. The summed E-state index contributed by atoms with van der Waals surface area (Å²) >= 11 is 1.66. The first kappa shape index (κ1) is 18.9. The fraction of sp³-hybridized carbons (Fsp3) is 0.714. The van der Waals surface area contributed by atoms with Crippen LogP contribution in [0.3, 0.4) is 0 Å². The van der Waals surface area contributed by atoms with E-state index < -0.39 is 0 Å². The molecular formula is C21H31N3O2S. The van der Waals surface area contributed by atoms with Crippen LogP contribution < -0.4 is 0 Å². The Morgan fingerprint density at radius 1 is 1.00 bits per heavy atom. The highest BCUT2D eigenvalue weighted by atomic mass is 32.1. The highest BCUT2D eigenvalue weighted by Crippen LogP contribution is 2.34. The van der Waals surface area contributed by atoms with Gasteiger partial charge in [0.15, 0.2) is 0 Å². The minimum Gasteiger partial charge on any atom is -0.340 e. The largest absolute Gasteiger partial charge is 0.340 e. The lowest BCUT2D eigenvalue weighted by molar-refractivity contribution is -0.137. The summed E-state index contributed by atoms with van der Waals surface area (Å²) in [5, 5.41) is 0. The van der Waals surface area contributed by atoms with Gasteiger partial charge in [-0.15, -0.1) is 11.3 Å². The molecule has 2 aliphatic heterocycles.